The van der Waals surface area contributed by atoms with Gasteiger partial charge in [-0.15, -0.1) is 0 Å². The predicted molar refractivity (Wildman–Crippen MR) is 131 cm³/mol. The van der Waals surface area contributed by atoms with E-state index >= 15 is 0 Å². The minimum absolute atomic E-state index is 0.0689. The molecule has 0 fully saturated rings. The number of halogens is 2. The number of carbonyl (C=O) groups is 1. The van der Waals surface area contributed by atoms with Crippen molar-refractivity contribution in [3.05, 3.63) is 95.6 Å². The van der Waals surface area contributed by atoms with E-state index in [1.54, 1.807) is 12.1 Å². The minimum atomic E-state index is -4.11. The molecule has 1 heterocycles. The first kappa shape index (κ1) is 26.0. The van der Waals surface area contributed by atoms with Crippen LogP contribution in [0.4, 0.5) is 8.78 Å². The molecular weight excluding hydrogens is 489 g/mol. The molecule has 0 radical (unpaired) electrons. The van der Waals surface area contributed by atoms with Gasteiger partial charge >= 0.3 is 7.52 Å². The van der Waals surface area contributed by atoms with Crippen LogP contribution in [0.1, 0.15) is 16.7 Å². The molecule has 0 aromatic heterocycles. The molecule has 0 bridgehead atoms. The van der Waals surface area contributed by atoms with Gasteiger partial charge in [-0.05, 0) is 47.4 Å². The number of amides is 1. The highest BCUT2D eigenvalue weighted by Crippen LogP contribution is 2.54. The Morgan fingerprint density at radius 2 is 1.69 bits per heavy atom. The number of nitrogens with zero attached hydrogens (tertiary/aromatic N) is 1. The Morgan fingerprint density at radius 1 is 1.03 bits per heavy atom. The zero-order valence-electron chi connectivity index (χ0n) is 19.7. The Hall–Kier alpha value is -3.10. The van der Waals surface area contributed by atoms with Crippen LogP contribution in [0.25, 0.3) is 0 Å². The SMILES string of the molecule is COc1ccc(P(=O)(OCC(F)F)N2Cc3ccccc3C[C@@H]2C(=O)NOCc2ccccc2)cc1. The van der Waals surface area contributed by atoms with Gasteiger partial charge in [-0.1, -0.05) is 54.6 Å². The number of ether oxygens (including phenoxy) is 1. The number of hydrogen-bond donors (Lipinski definition) is 1. The molecule has 10 heteroatoms. The molecule has 1 amide bonds. The summed E-state index contributed by atoms with van der Waals surface area (Å²) in [5.74, 6) is -0.0402. The smallest absolute Gasteiger partial charge is 0.303 e. The number of fused-ring (bicyclic) bond motifs is 1. The van der Waals surface area contributed by atoms with Crippen LogP contribution in [-0.2, 0) is 38.3 Å². The Bertz CT molecular complexity index is 1210. The first-order valence-electron chi connectivity index (χ1n) is 11.4. The van der Waals surface area contributed by atoms with Crippen LogP contribution in [0.3, 0.4) is 0 Å². The molecule has 3 aromatic rings. The lowest BCUT2D eigenvalue weighted by molar-refractivity contribution is -0.139. The maximum atomic E-state index is 14.4. The normalized spacial score (nSPS) is 17.3. The number of rotatable bonds is 10. The van der Waals surface area contributed by atoms with Gasteiger partial charge in [0.25, 0.3) is 12.3 Å². The van der Waals surface area contributed by atoms with E-state index in [2.05, 4.69) is 5.48 Å². The summed E-state index contributed by atoms with van der Waals surface area (Å²) < 4.78 is 52.8. The zero-order valence-corrected chi connectivity index (χ0v) is 20.6. The molecule has 0 spiro atoms. The second-order valence-electron chi connectivity index (χ2n) is 8.23. The highest BCUT2D eigenvalue weighted by Gasteiger charge is 2.45. The first-order chi connectivity index (χ1) is 17.4. The Labute approximate surface area is 208 Å². The second kappa shape index (κ2) is 11.8. The summed E-state index contributed by atoms with van der Waals surface area (Å²) in [7, 11) is -2.62. The molecule has 1 unspecified atom stereocenters. The van der Waals surface area contributed by atoms with Crippen LogP contribution >= 0.6 is 7.52 Å². The van der Waals surface area contributed by atoms with E-state index in [1.807, 2.05) is 54.6 Å². The summed E-state index contributed by atoms with van der Waals surface area (Å²) in [6.45, 7) is -0.840. The summed E-state index contributed by atoms with van der Waals surface area (Å²) in [5, 5.41) is 0.186. The number of benzene rings is 3. The topological polar surface area (TPSA) is 77.1 Å². The van der Waals surface area contributed by atoms with Crippen LogP contribution in [0, 0.1) is 0 Å². The fraction of sp³-hybridized carbons (Fsp3) is 0.269. The number of hydroxylamine groups is 1. The van der Waals surface area contributed by atoms with Gasteiger partial charge in [-0.25, -0.2) is 18.9 Å². The molecule has 36 heavy (non-hydrogen) atoms. The molecular formula is C26H27F2N2O5P. The van der Waals surface area contributed by atoms with Crippen molar-refractivity contribution in [1.29, 1.82) is 0 Å². The summed E-state index contributed by atoms with van der Waals surface area (Å²) in [4.78, 5) is 18.7. The average molecular weight is 516 g/mol. The first-order valence-corrected chi connectivity index (χ1v) is 13.0. The predicted octanol–water partition coefficient (Wildman–Crippen LogP) is 4.47. The Morgan fingerprint density at radius 3 is 2.36 bits per heavy atom. The summed E-state index contributed by atoms with van der Waals surface area (Å²) in [6, 6.07) is 21.9. The fourth-order valence-electron chi connectivity index (χ4n) is 4.07. The van der Waals surface area contributed by atoms with Gasteiger partial charge in [0.15, 0.2) is 0 Å². The number of alkyl halides is 2. The average Bonchev–Trinajstić information content (AvgIpc) is 2.91. The van der Waals surface area contributed by atoms with E-state index in [4.69, 9.17) is 14.1 Å². The van der Waals surface area contributed by atoms with Crippen molar-refractivity contribution in [2.45, 2.75) is 32.0 Å². The molecule has 0 aliphatic carbocycles. The van der Waals surface area contributed by atoms with Crippen LogP contribution in [0.15, 0.2) is 78.9 Å². The zero-order chi connectivity index (χ0) is 25.5. The van der Waals surface area contributed by atoms with Crippen molar-refractivity contribution >= 4 is 18.7 Å². The van der Waals surface area contributed by atoms with E-state index < -0.39 is 32.5 Å². The number of carbonyl (C=O) groups excluding carboxylic acids is 1. The Balaban J connectivity index is 1.65. The maximum absolute atomic E-state index is 14.4. The van der Waals surface area contributed by atoms with Crippen molar-refractivity contribution < 1.29 is 32.2 Å². The third-order valence-electron chi connectivity index (χ3n) is 5.89. The molecule has 190 valence electrons. The van der Waals surface area contributed by atoms with Gasteiger partial charge in [0.05, 0.1) is 19.0 Å². The number of nitrogens with one attached hydrogen (secondary N) is 1. The molecule has 3 aromatic carbocycles. The van der Waals surface area contributed by atoms with Crippen LogP contribution < -0.4 is 15.5 Å². The van der Waals surface area contributed by atoms with Gasteiger partial charge in [0.1, 0.15) is 18.4 Å². The lowest BCUT2D eigenvalue weighted by Gasteiger charge is -2.40. The third-order valence-corrected chi connectivity index (χ3v) is 8.44. The lowest BCUT2D eigenvalue weighted by atomic mass is 9.95. The molecule has 1 N–H and O–H groups in total. The van der Waals surface area contributed by atoms with E-state index in [-0.39, 0.29) is 24.9 Å². The van der Waals surface area contributed by atoms with E-state index in [1.165, 1.54) is 23.9 Å². The third kappa shape index (κ3) is 5.99. The van der Waals surface area contributed by atoms with Gasteiger partial charge in [0, 0.05) is 6.54 Å². The van der Waals surface area contributed by atoms with Gasteiger partial charge in [-0.3, -0.25) is 14.2 Å². The van der Waals surface area contributed by atoms with E-state index in [9.17, 15) is 18.1 Å². The van der Waals surface area contributed by atoms with Crippen molar-refractivity contribution in [1.82, 2.24) is 10.2 Å². The molecule has 7 nitrogen and oxygen atoms in total. The van der Waals surface area contributed by atoms with Crippen molar-refractivity contribution in [3.8, 4) is 5.75 Å². The van der Waals surface area contributed by atoms with Gasteiger partial charge in [0.2, 0.25) is 0 Å². The molecule has 1 aliphatic heterocycles. The van der Waals surface area contributed by atoms with Gasteiger partial charge in [-0.2, -0.15) is 0 Å². The summed E-state index contributed by atoms with van der Waals surface area (Å²) >= 11 is 0. The second-order valence-corrected chi connectivity index (χ2v) is 10.6. The summed E-state index contributed by atoms with van der Waals surface area (Å²) in [5.41, 5.74) is 5.03. The molecule has 1 aliphatic rings. The van der Waals surface area contributed by atoms with Crippen LogP contribution in [0.2, 0.25) is 0 Å². The molecule has 0 saturated heterocycles. The van der Waals surface area contributed by atoms with Crippen molar-refractivity contribution in [3.63, 3.8) is 0 Å². The number of hydrogen-bond acceptors (Lipinski definition) is 5. The maximum Gasteiger partial charge on any atom is 0.303 e. The van der Waals surface area contributed by atoms with Crippen molar-refractivity contribution in [2.75, 3.05) is 13.7 Å². The minimum Gasteiger partial charge on any atom is -0.497 e. The largest absolute Gasteiger partial charge is 0.497 e. The molecule has 0 saturated carbocycles. The Kier molecular flexibility index (Phi) is 8.48. The highest BCUT2D eigenvalue weighted by atomic mass is 31.2. The van der Waals surface area contributed by atoms with E-state index in [0.717, 1.165) is 16.7 Å². The molecule has 2 atom stereocenters. The molecule has 4 rings (SSSR count). The number of methoxy groups -OCH3 is 1. The van der Waals surface area contributed by atoms with Crippen molar-refractivity contribution in [2.24, 2.45) is 0 Å². The van der Waals surface area contributed by atoms with E-state index in [0.29, 0.717) is 5.75 Å². The monoisotopic (exact) mass is 516 g/mol. The lowest BCUT2D eigenvalue weighted by Crippen LogP contribution is -2.50. The summed E-state index contributed by atoms with van der Waals surface area (Å²) in [6.07, 6.45) is -2.63. The highest BCUT2D eigenvalue weighted by molar-refractivity contribution is 7.64. The van der Waals surface area contributed by atoms with Crippen LogP contribution in [0.5, 0.6) is 5.75 Å². The quantitative estimate of drug-likeness (QED) is 0.317. The van der Waals surface area contributed by atoms with Crippen LogP contribution in [-0.4, -0.2) is 36.8 Å². The standard InChI is InChI=1S/C26H27F2N2O5P/c1-33-22-11-13-23(14-12-22)36(32,35-18-25(27)28)30-16-21-10-6-5-9-20(21)15-24(30)26(31)29-34-17-19-7-3-2-4-8-19/h2-14,24-25H,15-18H2,1H3,(H,29,31)/t24-,36?/m1/s1. The van der Waals surface area contributed by atoms with Gasteiger partial charge < -0.3 is 9.26 Å². The fourth-order valence-corrected chi connectivity index (χ4v) is 6.40.